The number of rotatable bonds is 5. The summed E-state index contributed by atoms with van der Waals surface area (Å²) < 4.78 is 8.90. The van der Waals surface area contributed by atoms with E-state index < -0.39 is 28.8 Å². The normalized spacial score (nSPS) is 35.6. The van der Waals surface area contributed by atoms with Crippen molar-refractivity contribution < 1.29 is 24.9 Å². The molecule has 7 heteroatoms. The predicted molar refractivity (Wildman–Crippen MR) is 213 cm³/mol. The highest BCUT2D eigenvalue weighted by Crippen LogP contribution is 2.71. The van der Waals surface area contributed by atoms with Gasteiger partial charge in [0.25, 0.3) is 0 Å². The molecule has 284 valence electrons. The fraction of sp³-hybridized carbons (Fsp3) is 0.587. The van der Waals surface area contributed by atoms with Crippen LogP contribution in [0.3, 0.4) is 0 Å². The number of benzene rings is 1. The Kier molecular flexibility index (Phi) is 7.82. The molecule has 3 heterocycles. The van der Waals surface area contributed by atoms with Gasteiger partial charge >= 0.3 is 0 Å². The first-order chi connectivity index (χ1) is 24.7. The van der Waals surface area contributed by atoms with Crippen LogP contribution in [0.1, 0.15) is 129 Å². The molecule has 3 aromatic rings. The Morgan fingerprint density at radius 1 is 1.09 bits per heavy atom. The summed E-state index contributed by atoms with van der Waals surface area (Å²) in [5.74, 6) is 0.557. The van der Waals surface area contributed by atoms with Crippen LogP contribution < -0.4 is 0 Å². The number of amides is 1. The van der Waals surface area contributed by atoms with E-state index in [0.29, 0.717) is 18.8 Å². The van der Waals surface area contributed by atoms with Gasteiger partial charge in [-0.15, -0.1) is 0 Å². The molecule has 5 unspecified atom stereocenters. The summed E-state index contributed by atoms with van der Waals surface area (Å²) in [4.78, 5) is 14.5. The number of ether oxygens (including phenoxy) is 1. The summed E-state index contributed by atoms with van der Waals surface area (Å²) in [6, 6.07) is 2.33. The third kappa shape index (κ3) is 4.53. The van der Waals surface area contributed by atoms with Crippen molar-refractivity contribution >= 4 is 33.3 Å². The van der Waals surface area contributed by atoms with E-state index in [2.05, 4.69) is 77.7 Å². The highest BCUT2D eigenvalue weighted by Gasteiger charge is 2.67. The highest BCUT2D eigenvalue weighted by molar-refractivity contribution is 6.11. The van der Waals surface area contributed by atoms with Gasteiger partial charge in [0.15, 0.2) is 0 Å². The molecule has 1 amide bonds. The van der Waals surface area contributed by atoms with Crippen molar-refractivity contribution in [2.45, 2.75) is 130 Å². The van der Waals surface area contributed by atoms with E-state index in [9.17, 15) is 20.1 Å². The van der Waals surface area contributed by atoms with Gasteiger partial charge in [0.2, 0.25) is 5.91 Å². The molecule has 5 aliphatic rings. The molecule has 4 aliphatic carbocycles. The topological polar surface area (TPSA) is 94.6 Å². The minimum atomic E-state index is -0.825. The van der Waals surface area contributed by atoms with Gasteiger partial charge in [0, 0.05) is 58.4 Å². The number of aliphatic hydroxyl groups excluding tert-OH is 2. The number of carbonyl (C=O) groups is 1. The minimum Gasteiger partial charge on any atom is -0.505 e. The number of carbonyl (C=O) groups excluding carboxylic acids is 1. The second-order valence-electron chi connectivity index (χ2n) is 19.3. The maximum absolute atomic E-state index is 12.8. The molecule has 2 fully saturated rings. The van der Waals surface area contributed by atoms with Gasteiger partial charge in [-0.3, -0.25) is 4.79 Å². The van der Waals surface area contributed by atoms with Gasteiger partial charge in [0.1, 0.15) is 5.75 Å². The van der Waals surface area contributed by atoms with Crippen LogP contribution in [0.2, 0.25) is 0 Å². The molecule has 2 saturated carbocycles. The van der Waals surface area contributed by atoms with Crippen LogP contribution in [-0.2, 0) is 21.4 Å². The quantitative estimate of drug-likeness (QED) is 0.181. The lowest BCUT2D eigenvalue weighted by molar-refractivity contribution is -0.144. The molecule has 0 radical (unpaired) electrons. The van der Waals surface area contributed by atoms with Crippen LogP contribution in [0.15, 0.2) is 42.5 Å². The summed E-state index contributed by atoms with van der Waals surface area (Å²) >= 11 is 0. The zero-order chi connectivity index (χ0) is 38.5. The molecule has 1 aliphatic heterocycles. The molecular weight excluding hydrogens is 661 g/mol. The van der Waals surface area contributed by atoms with E-state index >= 15 is 0 Å². The SMILES string of the molecule is C=C(C)c1c(O)c2c3c(cc4c5c(n1c42)[C@@]1(C)C(CCC2[C@](C)(C=CC=C(CC)C(=O)N(C)C)C(O)CC[C@@]21C)C5)C1=CC(C)(C)OC(C)(C)C1C3O. The Bertz CT molecular complexity index is 2180. The lowest BCUT2D eigenvalue weighted by Gasteiger charge is -2.64. The van der Waals surface area contributed by atoms with Gasteiger partial charge < -0.3 is 29.4 Å². The van der Waals surface area contributed by atoms with Gasteiger partial charge in [-0.05, 0) is 125 Å². The Labute approximate surface area is 315 Å². The first-order valence-electron chi connectivity index (χ1n) is 19.9. The third-order valence-electron chi connectivity index (χ3n) is 15.3. The van der Waals surface area contributed by atoms with Crippen molar-refractivity contribution in [3.8, 4) is 5.75 Å². The van der Waals surface area contributed by atoms with Crippen molar-refractivity contribution in [3.05, 3.63) is 70.6 Å². The number of nitrogens with zero attached hydrogens (tertiary/aromatic N) is 2. The Balaban J connectivity index is 1.34. The number of aromatic hydroxyl groups is 1. The van der Waals surface area contributed by atoms with Crippen molar-refractivity contribution in [1.29, 1.82) is 0 Å². The van der Waals surface area contributed by atoms with Gasteiger partial charge in [0.05, 0.1) is 34.6 Å². The summed E-state index contributed by atoms with van der Waals surface area (Å²) in [5.41, 5.74) is 6.80. The maximum atomic E-state index is 12.8. The number of aliphatic hydroxyl groups is 2. The largest absolute Gasteiger partial charge is 0.505 e. The Hall–Kier alpha value is -3.39. The fourth-order valence-corrected chi connectivity index (χ4v) is 12.9. The van der Waals surface area contributed by atoms with Crippen LogP contribution >= 0.6 is 0 Å². The average molecular weight is 721 g/mol. The zero-order valence-electron chi connectivity index (χ0n) is 33.8. The minimum absolute atomic E-state index is 0.0136. The zero-order valence-corrected chi connectivity index (χ0v) is 33.8. The van der Waals surface area contributed by atoms with Crippen molar-refractivity contribution in [3.63, 3.8) is 0 Å². The van der Waals surface area contributed by atoms with E-state index in [-0.39, 0.29) is 34.3 Å². The first kappa shape index (κ1) is 36.6. The van der Waals surface area contributed by atoms with Crippen LogP contribution in [0.4, 0.5) is 0 Å². The molecule has 53 heavy (non-hydrogen) atoms. The second kappa shape index (κ2) is 11.3. The summed E-state index contributed by atoms with van der Waals surface area (Å²) in [6.07, 6.45) is 12.3. The lowest BCUT2D eigenvalue weighted by Crippen LogP contribution is -2.62. The molecule has 1 aromatic carbocycles. The van der Waals surface area contributed by atoms with E-state index in [1.165, 1.54) is 16.6 Å². The molecule has 8 rings (SSSR count). The van der Waals surface area contributed by atoms with Crippen LogP contribution in [0.25, 0.3) is 27.4 Å². The van der Waals surface area contributed by atoms with E-state index in [1.54, 1.807) is 19.0 Å². The Morgan fingerprint density at radius 3 is 2.43 bits per heavy atom. The highest BCUT2D eigenvalue weighted by atomic mass is 16.5. The number of allylic oxidation sites excluding steroid dienone is 3. The summed E-state index contributed by atoms with van der Waals surface area (Å²) in [7, 11) is 3.57. The average Bonchev–Trinajstić information content (AvgIpc) is 3.73. The molecule has 2 aromatic heterocycles. The van der Waals surface area contributed by atoms with E-state index in [4.69, 9.17) is 4.74 Å². The molecule has 0 saturated heterocycles. The number of aromatic nitrogens is 1. The molecule has 0 bridgehead atoms. The standard InChI is InChI=1S/C46H60N2O5/c1-13-25(41(52)47(11)12)15-14-19-44(8)31-17-16-26-21-29-28-22-27-30-23-42(4,5)53-43(6,7)35(30)38(50)33(27)34-37(28)48(36(24(2)3)39(34)51)40(29)46(26,10)45(31,9)20-18-32(44)49/h14-15,19,22-23,26,31-32,35,38,49-51H,2,13,16-18,20-21H2,1,3-12H3/t26?,31?,32?,35?,38?,44-,45-,46+/m0/s1. The number of hydrogen-bond acceptors (Lipinski definition) is 5. The smallest absolute Gasteiger partial charge is 0.249 e. The van der Waals surface area contributed by atoms with Gasteiger partial charge in [-0.25, -0.2) is 0 Å². The van der Waals surface area contributed by atoms with Crippen molar-refractivity contribution in [2.24, 2.45) is 28.6 Å². The summed E-state index contributed by atoms with van der Waals surface area (Å²) in [5, 5.41) is 38.3. The van der Waals surface area contributed by atoms with E-state index in [0.717, 1.165) is 70.1 Å². The van der Waals surface area contributed by atoms with Crippen LogP contribution in [0.5, 0.6) is 5.75 Å². The summed E-state index contributed by atoms with van der Waals surface area (Å²) in [6.45, 7) is 23.9. The van der Waals surface area contributed by atoms with Crippen molar-refractivity contribution in [2.75, 3.05) is 14.1 Å². The lowest BCUT2D eigenvalue weighted by atomic mass is 9.40. The van der Waals surface area contributed by atoms with Gasteiger partial charge in [-0.1, -0.05) is 52.5 Å². The number of fused-ring (bicyclic) bond motifs is 11. The number of hydrogen-bond donors (Lipinski definition) is 3. The predicted octanol–water partition coefficient (Wildman–Crippen LogP) is 8.89. The molecule has 0 spiro atoms. The van der Waals surface area contributed by atoms with Gasteiger partial charge in [-0.2, -0.15) is 0 Å². The monoisotopic (exact) mass is 720 g/mol. The van der Waals surface area contributed by atoms with Crippen LogP contribution in [0, 0.1) is 28.6 Å². The Morgan fingerprint density at radius 2 is 1.79 bits per heavy atom. The third-order valence-corrected chi connectivity index (χ3v) is 15.3. The molecule has 8 atom stereocenters. The molecular formula is C46H60N2O5. The number of likely N-dealkylation sites (N-methyl/N-ethyl adjacent to an activating group) is 1. The second-order valence-corrected chi connectivity index (χ2v) is 19.3. The fourth-order valence-electron chi connectivity index (χ4n) is 12.9. The van der Waals surface area contributed by atoms with Crippen molar-refractivity contribution in [1.82, 2.24) is 9.30 Å². The van der Waals surface area contributed by atoms with E-state index in [1.807, 2.05) is 26.0 Å². The first-order valence-corrected chi connectivity index (χ1v) is 19.9. The molecule has 7 nitrogen and oxygen atoms in total. The molecule has 3 N–H and O–H groups in total. The maximum Gasteiger partial charge on any atom is 0.249 e. The van der Waals surface area contributed by atoms with Crippen LogP contribution in [-0.4, -0.2) is 61.9 Å².